The second-order valence-corrected chi connectivity index (χ2v) is 5.47. The van der Waals surface area contributed by atoms with Crippen LogP contribution in [0.25, 0.3) is 0 Å². The molecular formula is C14H22NO4+. The van der Waals surface area contributed by atoms with Gasteiger partial charge in [-0.25, -0.2) is 0 Å². The predicted molar refractivity (Wildman–Crippen MR) is 72.8 cm³/mol. The van der Waals surface area contributed by atoms with Crippen LogP contribution in [0.3, 0.4) is 0 Å². The fraction of sp³-hybridized carbons (Fsp3) is 0.500. The first-order chi connectivity index (χ1) is 8.85. The summed E-state index contributed by atoms with van der Waals surface area (Å²) in [5, 5.41) is 9.87. The fourth-order valence-electron chi connectivity index (χ4n) is 1.75. The van der Waals surface area contributed by atoms with E-state index in [0.29, 0.717) is 28.1 Å². The van der Waals surface area contributed by atoms with Gasteiger partial charge in [0, 0.05) is 5.56 Å². The zero-order valence-corrected chi connectivity index (χ0v) is 11.9. The first-order valence-electron chi connectivity index (χ1n) is 6.10. The van der Waals surface area contributed by atoms with Crippen LogP contribution in [-0.2, 0) is 0 Å². The molecule has 0 aromatic heterocycles. The van der Waals surface area contributed by atoms with E-state index in [9.17, 15) is 9.90 Å². The quantitative estimate of drug-likeness (QED) is 0.591. The third-order valence-corrected chi connectivity index (χ3v) is 2.51. The lowest BCUT2D eigenvalue weighted by Gasteiger charge is -2.26. The van der Waals surface area contributed by atoms with Gasteiger partial charge in [0.1, 0.15) is 25.5 Å². The smallest absolute Gasteiger partial charge is 0.161 e. The number of benzene rings is 1. The Labute approximate surface area is 114 Å². The summed E-state index contributed by atoms with van der Waals surface area (Å²) in [6, 6.07) is 4.92. The molecular weight excluding hydrogens is 246 g/mol. The molecule has 0 saturated heterocycles. The van der Waals surface area contributed by atoms with Gasteiger partial charge in [-0.3, -0.25) is 4.79 Å². The van der Waals surface area contributed by atoms with E-state index in [1.54, 1.807) is 18.2 Å². The Morgan fingerprint density at radius 3 is 2.53 bits per heavy atom. The van der Waals surface area contributed by atoms with Gasteiger partial charge in [-0.15, -0.1) is 0 Å². The Kier molecular flexibility index (Phi) is 5.32. The van der Waals surface area contributed by atoms with Crippen molar-refractivity contribution in [1.82, 2.24) is 0 Å². The SMILES string of the molecule is COc1cc(C=O)ccc1OCC(O)C[N+](C)(C)C. The number of rotatable bonds is 7. The lowest BCUT2D eigenvalue weighted by molar-refractivity contribution is -0.873. The third kappa shape index (κ3) is 5.28. The molecule has 5 nitrogen and oxygen atoms in total. The lowest BCUT2D eigenvalue weighted by atomic mass is 10.2. The van der Waals surface area contributed by atoms with Crippen LogP contribution in [0.2, 0.25) is 0 Å². The summed E-state index contributed by atoms with van der Waals surface area (Å²) >= 11 is 0. The van der Waals surface area contributed by atoms with E-state index < -0.39 is 6.10 Å². The Bertz CT molecular complexity index is 426. The zero-order chi connectivity index (χ0) is 14.5. The van der Waals surface area contributed by atoms with E-state index in [-0.39, 0.29) is 6.61 Å². The van der Waals surface area contributed by atoms with E-state index in [1.165, 1.54) is 7.11 Å². The monoisotopic (exact) mass is 268 g/mol. The number of quaternary nitrogens is 1. The zero-order valence-electron chi connectivity index (χ0n) is 11.9. The molecule has 0 radical (unpaired) electrons. The van der Waals surface area contributed by atoms with Gasteiger partial charge < -0.3 is 19.1 Å². The summed E-state index contributed by atoms with van der Waals surface area (Å²) in [4.78, 5) is 10.7. The number of likely N-dealkylation sites (N-methyl/N-ethyl adjacent to an activating group) is 1. The molecule has 0 fully saturated rings. The minimum absolute atomic E-state index is 0.187. The molecule has 0 spiro atoms. The van der Waals surface area contributed by atoms with Crippen molar-refractivity contribution >= 4 is 6.29 Å². The van der Waals surface area contributed by atoms with Gasteiger partial charge >= 0.3 is 0 Å². The number of ether oxygens (including phenoxy) is 2. The number of methoxy groups -OCH3 is 1. The van der Waals surface area contributed by atoms with Crippen LogP contribution in [0.1, 0.15) is 10.4 Å². The van der Waals surface area contributed by atoms with Gasteiger partial charge in [0.25, 0.3) is 0 Å². The highest BCUT2D eigenvalue weighted by Gasteiger charge is 2.17. The first kappa shape index (κ1) is 15.5. The number of aldehydes is 1. The van der Waals surface area contributed by atoms with Gasteiger partial charge in [0.15, 0.2) is 11.5 Å². The van der Waals surface area contributed by atoms with Gasteiger partial charge in [-0.05, 0) is 18.2 Å². The topological polar surface area (TPSA) is 55.8 Å². The van der Waals surface area contributed by atoms with Gasteiger partial charge in [0.05, 0.1) is 28.3 Å². The highest BCUT2D eigenvalue weighted by Crippen LogP contribution is 2.27. The molecule has 5 heteroatoms. The standard InChI is InChI=1S/C14H22NO4/c1-15(2,3)8-12(17)10-19-13-6-5-11(9-16)7-14(13)18-4/h5-7,9,12,17H,8,10H2,1-4H3/q+1. The Balaban J connectivity index is 2.64. The molecule has 0 saturated carbocycles. The van der Waals surface area contributed by atoms with Crippen molar-refractivity contribution in [1.29, 1.82) is 0 Å². The van der Waals surface area contributed by atoms with Crippen LogP contribution in [0.15, 0.2) is 18.2 Å². The molecule has 19 heavy (non-hydrogen) atoms. The van der Waals surface area contributed by atoms with Crippen molar-refractivity contribution in [3.8, 4) is 11.5 Å². The summed E-state index contributed by atoms with van der Waals surface area (Å²) < 4.78 is 11.3. The highest BCUT2D eigenvalue weighted by atomic mass is 16.5. The van der Waals surface area contributed by atoms with E-state index in [1.807, 2.05) is 21.1 Å². The van der Waals surface area contributed by atoms with Crippen LogP contribution < -0.4 is 9.47 Å². The first-order valence-corrected chi connectivity index (χ1v) is 6.10. The van der Waals surface area contributed by atoms with Crippen LogP contribution in [0.4, 0.5) is 0 Å². The summed E-state index contributed by atoms with van der Waals surface area (Å²) in [7, 11) is 7.52. The maximum absolute atomic E-state index is 10.7. The van der Waals surface area contributed by atoms with Crippen molar-refractivity contribution in [3.05, 3.63) is 23.8 Å². The maximum atomic E-state index is 10.7. The van der Waals surface area contributed by atoms with E-state index in [2.05, 4.69) is 0 Å². The average Bonchev–Trinajstić information content (AvgIpc) is 2.34. The number of aliphatic hydroxyl groups is 1. The molecule has 1 aromatic carbocycles. The highest BCUT2D eigenvalue weighted by molar-refractivity contribution is 5.76. The normalized spacial score (nSPS) is 12.9. The number of aliphatic hydroxyl groups excluding tert-OH is 1. The van der Waals surface area contributed by atoms with Crippen LogP contribution in [0, 0.1) is 0 Å². The second-order valence-electron chi connectivity index (χ2n) is 5.47. The van der Waals surface area contributed by atoms with Crippen molar-refractivity contribution in [3.63, 3.8) is 0 Å². The number of nitrogens with zero attached hydrogens (tertiary/aromatic N) is 1. The molecule has 1 aromatic rings. The van der Waals surface area contributed by atoms with Crippen molar-refractivity contribution in [2.75, 3.05) is 41.4 Å². The van der Waals surface area contributed by atoms with Crippen LogP contribution in [-0.4, -0.2) is 63.4 Å². The van der Waals surface area contributed by atoms with Gasteiger partial charge in [-0.1, -0.05) is 0 Å². The number of carbonyl (C=O) groups excluding carboxylic acids is 1. The molecule has 1 N–H and O–H groups in total. The average molecular weight is 268 g/mol. The Morgan fingerprint density at radius 1 is 1.32 bits per heavy atom. The predicted octanol–water partition coefficient (Wildman–Crippen LogP) is 0.954. The lowest BCUT2D eigenvalue weighted by Crippen LogP contribution is -2.43. The molecule has 0 amide bonds. The number of hydrogen-bond donors (Lipinski definition) is 1. The molecule has 0 bridgehead atoms. The van der Waals surface area contributed by atoms with Crippen LogP contribution >= 0.6 is 0 Å². The third-order valence-electron chi connectivity index (χ3n) is 2.51. The Hall–Kier alpha value is -1.59. The largest absolute Gasteiger partial charge is 0.493 e. The number of carbonyl (C=O) groups is 1. The van der Waals surface area contributed by atoms with Gasteiger partial charge in [0.2, 0.25) is 0 Å². The molecule has 1 atom stereocenters. The van der Waals surface area contributed by atoms with Gasteiger partial charge in [-0.2, -0.15) is 0 Å². The molecule has 0 aliphatic carbocycles. The van der Waals surface area contributed by atoms with Crippen molar-refractivity contribution in [2.45, 2.75) is 6.10 Å². The molecule has 0 heterocycles. The van der Waals surface area contributed by atoms with Crippen molar-refractivity contribution in [2.24, 2.45) is 0 Å². The summed E-state index contributed by atoms with van der Waals surface area (Å²) in [6.07, 6.45) is 0.188. The molecule has 1 rings (SSSR count). The molecule has 1 unspecified atom stereocenters. The van der Waals surface area contributed by atoms with E-state index >= 15 is 0 Å². The molecule has 106 valence electrons. The summed E-state index contributed by atoms with van der Waals surface area (Å²) in [6.45, 7) is 0.779. The van der Waals surface area contributed by atoms with E-state index in [4.69, 9.17) is 9.47 Å². The number of hydrogen-bond acceptors (Lipinski definition) is 4. The second kappa shape index (κ2) is 6.54. The summed E-state index contributed by atoms with van der Waals surface area (Å²) in [5.41, 5.74) is 0.524. The molecule has 0 aliphatic heterocycles. The fourth-order valence-corrected chi connectivity index (χ4v) is 1.75. The summed E-state index contributed by atoms with van der Waals surface area (Å²) in [5.74, 6) is 1.01. The maximum Gasteiger partial charge on any atom is 0.161 e. The van der Waals surface area contributed by atoms with Crippen LogP contribution in [0.5, 0.6) is 11.5 Å². The Morgan fingerprint density at radius 2 is 2.00 bits per heavy atom. The molecule has 0 aliphatic rings. The minimum Gasteiger partial charge on any atom is -0.493 e. The minimum atomic E-state index is -0.560. The van der Waals surface area contributed by atoms with E-state index in [0.717, 1.165) is 6.29 Å². The van der Waals surface area contributed by atoms with Crippen molar-refractivity contribution < 1.29 is 23.9 Å².